The zero-order chi connectivity index (χ0) is 17.6. The SMILES string of the molecule is COc1c(N2CC(N)C2)ccc(C2CCC(=C3CCC3)NC2=O)c1F. The number of carbonyl (C=O) groups excluding carboxylic acids is 1. The van der Waals surface area contributed by atoms with E-state index >= 15 is 4.39 Å². The van der Waals surface area contributed by atoms with Gasteiger partial charge in [-0.1, -0.05) is 11.6 Å². The number of carbonyl (C=O) groups is 1. The Morgan fingerprint density at radius 1 is 1.28 bits per heavy atom. The molecule has 1 atom stereocenters. The fourth-order valence-electron chi connectivity index (χ4n) is 3.92. The molecule has 0 radical (unpaired) electrons. The molecule has 2 saturated heterocycles. The Balaban J connectivity index is 1.59. The van der Waals surface area contributed by atoms with Gasteiger partial charge in [-0.15, -0.1) is 0 Å². The molecule has 3 fully saturated rings. The van der Waals surface area contributed by atoms with Gasteiger partial charge in [0, 0.05) is 30.4 Å². The van der Waals surface area contributed by atoms with Gasteiger partial charge in [0.2, 0.25) is 5.91 Å². The summed E-state index contributed by atoms with van der Waals surface area (Å²) in [4.78, 5) is 14.5. The van der Waals surface area contributed by atoms with Crippen LogP contribution in [-0.4, -0.2) is 32.1 Å². The number of nitrogens with one attached hydrogen (secondary N) is 1. The molecule has 4 rings (SSSR count). The minimum absolute atomic E-state index is 0.111. The Labute approximate surface area is 147 Å². The fourth-order valence-corrected chi connectivity index (χ4v) is 3.92. The lowest BCUT2D eigenvalue weighted by Gasteiger charge is -2.39. The first-order valence-corrected chi connectivity index (χ1v) is 8.97. The Morgan fingerprint density at radius 3 is 2.60 bits per heavy atom. The molecular weight excluding hydrogens is 321 g/mol. The molecule has 2 aliphatic heterocycles. The summed E-state index contributed by atoms with van der Waals surface area (Å²) < 4.78 is 20.4. The lowest BCUT2D eigenvalue weighted by atomic mass is 9.83. The summed E-state index contributed by atoms with van der Waals surface area (Å²) in [6, 6.07) is 3.69. The molecule has 1 aromatic rings. The van der Waals surface area contributed by atoms with Gasteiger partial charge in [-0.3, -0.25) is 4.79 Å². The first kappa shape index (κ1) is 16.4. The number of hydrogen-bond donors (Lipinski definition) is 2. The van der Waals surface area contributed by atoms with Crippen molar-refractivity contribution < 1.29 is 13.9 Å². The van der Waals surface area contributed by atoms with E-state index in [9.17, 15) is 4.79 Å². The first-order chi connectivity index (χ1) is 12.1. The third-order valence-corrected chi connectivity index (χ3v) is 5.59. The number of anilines is 1. The zero-order valence-electron chi connectivity index (χ0n) is 14.5. The van der Waals surface area contributed by atoms with Crippen molar-refractivity contribution in [2.45, 2.75) is 44.1 Å². The van der Waals surface area contributed by atoms with Crippen LogP contribution in [0.1, 0.15) is 43.6 Å². The molecule has 1 saturated carbocycles. The van der Waals surface area contributed by atoms with Crippen molar-refractivity contribution in [1.82, 2.24) is 5.32 Å². The highest BCUT2D eigenvalue weighted by Gasteiger charge is 2.33. The molecule has 3 aliphatic rings. The van der Waals surface area contributed by atoms with Crippen molar-refractivity contribution in [3.63, 3.8) is 0 Å². The Kier molecular flexibility index (Phi) is 4.15. The number of nitrogens with zero attached hydrogens (tertiary/aromatic N) is 1. The maximum Gasteiger partial charge on any atom is 0.231 e. The number of allylic oxidation sites excluding steroid dienone is 2. The topological polar surface area (TPSA) is 67.6 Å². The third kappa shape index (κ3) is 2.78. The average Bonchev–Trinajstić information content (AvgIpc) is 2.51. The van der Waals surface area contributed by atoms with E-state index in [4.69, 9.17) is 10.5 Å². The molecule has 0 bridgehead atoms. The second kappa shape index (κ2) is 6.33. The molecule has 2 heterocycles. The number of hydrogen-bond acceptors (Lipinski definition) is 4. The van der Waals surface area contributed by atoms with E-state index in [-0.39, 0.29) is 17.7 Å². The van der Waals surface area contributed by atoms with Gasteiger partial charge in [0.05, 0.1) is 18.7 Å². The van der Waals surface area contributed by atoms with E-state index in [1.165, 1.54) is 19.1 Å². The second-order valence-corrected chi connectivity index (χ2v) is 7.20. The number of methoxy groups -OCH3 is 1. The summed E-state index contributed by atoms with van der Waals surface area (Å²) in [5.41, 5.74) is 9.36. The standard InChI is InChI=1S/C19H24FN3O2/c1-25-18-16(23-9-12(21)10-23)8-6-13(17(18)20)14-5-7-15(22-19(14)24)11-3-2-4-11/h6,8,12,14H,2-5,7,9-10,21H2,1H3,(H,22,24). The van der Waals surface area contributed by atoms with Gasteiger partial charge in [0.25, 0.3) is 0 Å². The van der Waals surface area contributed by atoms with Crippen molar-refractivity contribution in [2.75, 3.05) is 25.1 Å². The van der Waals surface area contributed by atoms with Gasteiger partial charge in [0.15, 0.2) is 11.6 Å². The Bertz CT molecular complexity index is 734. The predicted octanol–water partition coefficient (Wildman–Crippen LogP) is 2.41. The highest BCUT2D eigenvalue weighted by Crippen LogP contribution is 2.40. The predicted molar refractivity (Wildman–Crippen MR) is 94.1 cm³/mol. The van der Waals surface area contributed by atoms with E-state index in [0.717, 1.165) is 25.0 Å². The number of benzene rings is 1. The zero-order valence-corrected chi connectivity index (χ0v) is 14.5. The summed E-state index contributed by atoms with van der Waals surface area (Å²) in [5.74, 6) is -0.799. The van der Waals surface area contributed by atoms with Crippen LogP contribution < -0.4 is 20.7 Å². The van der Waals surface area contributed by atoms with Gasteiger partial charge in [-0.2, -0.15) is 0 Å². The molecular formula is C19H24FN3O2. The molecule has 1 aromatic carbocycles. The maximum absolute atomic E-state index is 15.1. The maximum atomic E-state index is 15.1. The summed E-state index contributed by atoms with van der Waals surface area (Å²) >= 11 is 0. The van der Waals surface area contributed by atoms with Crippen LogP contribution in [0.4, 0.5) is 10.1 Å². The summed E-state index contributed by atoms with van der Waals surface area (Å²) in [6.07, 6.45) is 4.80. The van der Waals surface area contributed by atoms with Crippen LogP contribution >= 0.6 is 0 Å². The van der Waals surface area contributed by atoms with Crippen LogP contribution in [0.3, 0.4) is 0 Å². The Hall–Kier alpha value is -2.08. The van der Waals surface area contributed by atoms with Crippen LogP contribution in [0.15, 0.2) is 23.4 Å². The van der Waals surface area contributed by atoms with Crippen molar-refractivity contribution >= 4 is 11.6 Å². The lowest BCUT2D eigenvalue weighted by Crippen LogP contribution is -2.56. The molecule has 1 amide bonds. The van der Waals surface area contributed by atoms with Crippen LogP contribution in [0.2, 0.25) is 0 Å². The van der Waals surface area contributed by atoms with E-state index in [1.54, 1.807) is 6.07 Å². The number of nitrogens with two attached hydrogens (primary N) is 1. The van der Waals surface area contributed by atoms with Gasteiger partial charge >= 0.3 is 0 Å². The smallest absolute Gasteiger partial charge is 0.231 e. The number of halogens is 1. The van der Waals surface area contributed by atoms with Crippen LogP contribution in [0, 0.1) is 5.82 Å². The molecule has 25 heavy (non-hydrogen) atoms. The van der Waals surface area contributed by atoms with E-state index < -0.39 is 11.7 Å². The highest BCUT2D eigenvalue weighted by molar-refractivity contribution is 5.87. The van der Waals surface area contributed by atoms with Gasteiger partial charge in [-0.05, 0) is 38.2 Å². The summed E-state index contributed by atoms with van der Waals surface area (Å²) in [6.45, 7) is 1.38. The Morgan fingerprint density at radius 2 is 2.04 bits per heavy atom. The van der Waals surface area contributed by atoms with Gasteiger partial charge in [0.1, 0.15) is 0 Å². The summed E-state index contributed by atoms with van der Waals surface area (Å²) in [5, 5.41) is 3.00. The molecule has 5 nitrogen and oxygen atoms in total. The third-order valence-electron chi connectivity index (χ3n) is 5.59. The molecule has 1 unspecified atom stereocenters. The van der Waals surface area contributed by atoms with Gasteiger partial charge < -0.3 is 20.7 Å². The second-order valence-electron chi connectivity index (χ2n) is 7.20. The molecule has 0 aromatic heterocycles. The van der Waals surface area contributed by atoms with Crippen molar-refractivity contribution in [2.24, 2.45) is 5.73 Å². The molecule has 3 N–H and O–H groups in total. The average molecular weight is 345 g/mol. The molecule has 6 heteroatoms. The van der Waals surface area contributed by atoms with Crippen LogP contribution in [0.5, 0.6) is 5.75 Å². The summed E-state index contributed by atoms with van der Waals surface area (Å²) in [7, 11) is 1.46. The van der Waals surface area contributed by atoms with Crippen LogP contribution in [0.25, 0.3) is 0 Å². The van der Waals surface area contributed by atoms with Crippen molar-refractivity contribution in [3.8, 4) is 5.75 Å². The lowest BCUT2D eigenvalue weighted by molar-refractivity contribution is -0.123. The largest absolute Gasteiger partial charge is 0.492 e. The molecule has 1 aliphatic carbocycles. The van der Waals surface area contributed by atoms with Gasteiger partial charge in [-0.25, -0.2) is 4.39 Å². The normalized spacial score (nSPS) is 23.9. The van der Waals surface area contributed by atoms with Crippen molar-refractivity contribution in [3.05, 3.63) is 34.8 Å². The minimum Gasteiger partial charge on any atom is -0.492 e. The first-order valence-electron chi connectivity index (χ1n) is 8.97. The fraction of sp³-hybridized carbons (Fsp3) is 0.526. The quantitative estimate of drug-likeness (QED) is 0.883. The van der Waals surface area contributed by atoms with Crippen LogP contribution in [-0.2, 0) is 4.79 Å². The number of rotatable bonds is 3. The van der Waals surface area contributed by atoms with E-state index in [2.05, 4.69) is 5.32 Å². The minimum atomic E-state index is -0.467. The number of amides is 1. The van der Waals surface area contributed by atoms with E-state index in [0.29, 0.717) is 30.8 Å². The number of ether oxygens (including phenoxy) is 1. The number of piperidine rings is 1. The van der Waals surface area contributed by atoms with Crippen molar-refractivity contribution in [1.29, 1.82) is 0 Å². The molecule has 0 spiro atoms. The monoisotopic (exact) mass is 345 g/mol. The van der Waals surface area contributed by atoms with E-state index in [1.807, 2.05) is 11.0 Å². The highest BCUT2D eigenvalue weighted by atomic mass is 19.1. The molecule has 134 valence electrons.